The van der Waals surface area contributed by atoms with Gasteiger partial charge >= 0.3 is 5.97 Å². The molecule has 0 unspecified atom stereocenters. The zero-order chi connectivity index (χ0) is 20.5. The van der Waals surface area contributed by atoms with Crippen molar-refractivity contribution in [1.82, 2.24) is 0 Å². The maximum Gasteiger partial charge on any atom is 0.331 e. The van der Waals surface area contributed by atoms with Crippen LogP contribution in [0.4, 0.5) is 5.69 Å². The predicted molar refractivity (Wildman–Crippen MR) is 110 cm³/mol. The molecule has 146 valence electrons. The van der Waals surface area contributed by atoms with Gasteiger partial charge in [0, 0.05) is 23.7 Å². The van der Waals surface area contributed by atoms with Gasteiger partial charge in [-0.3, -0.25) is 9.59 Å². The van der Waals surface area contributed by atoms with Crippen LogP contribution in [0.3, 0.4) is 0 Å². The quantitative estimate of drug-likeness (QED) is 0.419. The molecule has 0 fully saturated rings. The van der Waals surface area contributed by atoms with Gasteiger partial charge in [0.25, 0.3) is 0 Å². The number of ketones is 1. The van der Waals surface area contributed by atoms with Gasteiger partial charge in [-0.25, -0.2) is 4.79 Å². The van der Waals surface area contributed by atoms with E-state index >= 15 is 0 Å². The Morgan fingerprint density at radius 2 is 1.64 bits per heavy atom. The van der Waals surface area contributed by atoms with Gasteiger partial charge in [-0.1, -0.05) is 43.7 Å². The highest BCUT2D eigenvalue weighted by atomic mass is 16.5. The molecule has 0 spiro atoms. The Labute approximate surface area is 165 Å². The molecule has 0 saturated carbocycles. The van der Waals surface area contributed by atoms with E-state index < -0.39 is 5.97 Å². The molecule has 5 nitrogen and oxygen atoms in total. The number of esters is 1. The monoisotopic (exact) mass is 379 g/mol. The van der Waals surface area contributed by atoms with Gasteiger partial charge in [0.15, 0.2) is 12.4 Å². The summed E-state index contributed by atoms with van der Waals surface area (Å²) in [7, 11) is 0. The maximum atomic E-state index is 12.2. The fourth-order valence-electron chi connectivity index (χ4n) is 2.43. The topological polar surface area (TPSA) is 72.5 Å². The van der Waals surface area contributed by atoms with Crippen molar-refractivity contribution in [1.29, 1.82) is 0 Å². The third-order valence-corrected chi connectivity index (χ3v) is 3.92. The standard InChI is InChI=1S/C23H25NO4/c1-16(2)14-22(26)24-20-11-9-19(10-12-20)21(25)15-28-23(27)13-8-18-6-4-17(3)5-7-18/h4-13,16H,14-15H2,1-3H3,(H,24,26). The summed E-state index contributed by atoms with van der Waals surface area (Å²) in [6, 6.07) is 14.2. The fraction of sp³-hybridized carbons (Fsp3) is 0.261. The fourth-order valence-corrected chi connectivity index (χ4v) is 2.43. The Hall–Kier alpha value is -3.21. The molecule has 0 heterocycles. The van der Waals surface area contributed by atoms with E-state index in [9.17, 15) is 14.4 Å². The van der Waals surface area contributed by atoms with Crippen LogP contribution in [0, 0.1) is 12.8 Å². The lowest BCUT2D eigenvalue weighted by Crippen LogP contribution is -2.14. The molecule has 2 aromatic carbocycles. The SMILES string of the molecule is Cc1ccc(C=CC(=O)OCC(=O)c2ccc(NC(=O)CC(C)C)cc2)cc1. The highest BCUT2D eigenvalue weighted by Crippen LogP contribution is 2.12. The van der Waals surface area contributed by atoms with E-state index in [-0.39, 0.29) is 24.2 Å². The zero-order valence-corrected chi connectivity index (χ0v) is 16.4. The maximum absolute atomic E-state index is 12.2. The first-order valence-electron chi connectivity index (χ1n) is 9.18. The van der Waals surface area contributed by atoms with E-state index in [2.05, 4.69) is 5.32 Å². The third kappa shape index (κ3) is 7.19. The Balaban J connectivity index is 1.82. The second kappa shape index (κ2) is 10.2. The number of aryl methyl sites for hydroxylation is 1. The molecule has 0 radical (unpaired) electrons. The number of hydrogen-bond acceptors (Lipinski definition) is 4. The van der Waals surface area contributed by atoms with Gasteiger partial charge < -0.3 is 10.1 Å². The Bertz CT molecular complexity index is 849. The number of Topliss-reactive ketones (excluding diaryl/α,β-unsaturated/α-hetero) is 1. The molecule has 2 aromatic rings. The van der Waals surface area contributed by atoms with Crippen LogP contribution in [0.25, 0.3) is 6.08 Å². The van der Waals surface area contributed by atoms with Gasteiger partial charge in [-0.15, -0.1) is 0 Å². The Kier molecular flexibility index (Phi) is 7.69. The van der Waals surface area contributed by atoms with Crippen molar-refractivity contribution in [3.63, 3.8) is 0 Å². The zero-order valence-electron chi connectivity index (χ0n) is 16.4. The number of carbonyl (C=O) groups excluding carboxylic acids is 3. The van der Waals surface area contributed by atoms with Gasteiger partial charge in [0.1, 0.15) is 0 Å². The largest absolute Gasteiger partial charge is 0.454 e. The number of rotatable bonds is 8. The lowest BCUT2D eigenvalue weighted by molar-refractivity contribution is -0.136. The minimum absolute atomic E-state index is 0.0663. The van der Waals surface area contributed by atoms with E-state index in [4.69, 9.17) is 4.74 Å². The van der Waals surface area contributed by atoms with Crippen LogP contribution in [-0.4, -0.2) is 24.3 Å². The van der Waals surface area contributed by atoms with Crippen LogP contribution in [-0.2, 0) is 14.3 Å². The summed E-state index contributed by atoms with van der Waals surface area (Å²) in [6.45, 7) is 5.59. The highest BCUT2D eigenvalue weighted by Gasteiger charge is 2.10. The van der Waals surface area contributed by atoms with Gasteiger partial charge in [0.05, 0.1) is 0 Å². The summed E-state index contributed by atoms with van der Waals surface area (Å²) in [5, 5.41) is 2.78. The number of carbonyl (C=O) groups is 3. The smallest absolute Gasteiger partial charge is 0.331 e. The van der Waals surface area contributed by atoms with Crippen LogP contribution in [0.15, 0.2) is 54.6 Å². The lowest BCUT2D eigenvalue weighted by atomic mass is 10.1. The molecular weight excluding hydrogens is 354 g/mol. The van der Waals surface area contributed by atoms with E-state index in [1.54, 1.807) is 30.3 Å². The number of nitrogens with one attached hydrogen (secondary N) is 1. The highest BCUT2D eigenvalue weighted by molar-refractivity contribution is 5.99. The summed E-state index contributed by atoms with van der Waals surface area (Å²) >= 11 is 0. The first-order chi connectivity index (χ1) is 13.3. The molecule has 0 aromatic heterocycles. The van der Waals surface area contributed by atoms with Crippen LogP contribution in [0.2, 0.25) is 0 Å². The molecule has 0 aliphatic rings. The van der Waals surface area contributed by atoms with Gasteiger partial charge in [0.2, 0.25) is 5.91 Å². The van der Waals surface area contributed by atoms with Crippen LogP contribution < -0.4 is 5.32 Å². The second-order valence-corrected chi connectivity index (χ2v) is 7.00. The molecule has 0 aliphatic carbocycles. The van der Waals surface area contributed by atoms with Crippen molar-refractivity contribution in [2.24, 2.45) is 5.92 Å². The number of benzene rings is 2. The summed E-state index contributed by atoms with van der Waals surface area (Å²) in [5.41, 5.74) is 3.05. The molecule has 28 heavy (non-hydrogen) atoms. The van der Waals surface area contributed by atoms with E-state index in [1.807, 2.05) is 45.0 Å². The average molecular weight is 379 g/mol. The van der Waals surface area contributed by atoms with Crippen molar-refractivity contribution in [2.45, 2.75) is 27.2 Å². The van der Waals surface area contributed by atoms with E-state index in [0.29, 0.717) is 17.7 Å². The average Bonchev–Trinajstić information content (AvgIpc) is 2.65. The molecule has 5 heteroatoms. The summed E-state index contributed by atoms with van der Waals surface area (Å²) in [5.74, 6) is -0.678. The van der Waals surface area contributed by atoms with Crippen molar-refractivity contribution >= 4 is 29.4 Å². The molecule has 1 amide bonds. The summed E-state index contributed by atoms with van der Waals surface area (Å²) in [6.07, 6.45) is 3.37. The van der Waals surface area contributed by atoms with E-state index in [1.165, 1.54) is 6.08 Å². The van der Waals surface area contributed by atoms with E-state index in [0.717, 1.165) is 11.1 Å². The second-order valence-electron chi connectivity index (χ2n) is 7.00. The van der Waals surface area contributed by atoms with Gasteiger partial charge in [-0.05, 0) is 48.7 Å². The molecule has 2 rings (SSSR count). The van der Waals surface area contributed by atoms with Crippen molar-refractivity contribution in [2.75, 3.05) is 11.9 Å². The number of anilines is 1. The van der Waals surface area contributed by atoms with Crippen LogP contribution in [0.5, 0.6) is 0 Å². The first kappa shape index (κ1) is 21.1. The van der Waals surface area contributed by atoms with Crippen molar-refractivity contribution in [3.8, 4) is 0 Å². The van der Waals surface area contributed by atoms with Crippen LogP contribution in [0.1, 0.15) is 41.8 Å². The lowest BCUT2D eigenvalue weighted by Gasteiger charge is -2.08. The predicted octanol–water partition coefficient (Wildman–Crippen LogP) is 4.42. The molecule has 0 aliphatic heterocycles. The summed E-state index contributed by atoms with van der Waals surface area (Å²) in [4.78, 5) is 35.7. The first-order valence-corrected chi connectivity index (χ1v) is 9.18. The van der Waals surface area contributed by atoms with Crippen molar-refractivity contribution < 1.29 is 19.1 Å². The number of ether oxygens (including phenoxy) is 1. The molecule has 0 saturated heterocycles. The third-order valence-electron chi connectivity index (χ3n) is 3.92. The minimum atomic E-state index is -0.577. The minimum Gasteiger partial charge on any atom is -0.454 e. The summed E-state index contributed by atoms with van der Waals surface area (Å²) < 4.78 is 5.00. The Morgan fingerprint density at radius 3 is 2.25 bits per heavy atom. The van der Waals surface area contributed by atoms with Crippen molar-refractivity contribution in [3.05, 3.63) is 71.3 Å². The molecule has 1 N–H and O–H groups in total. The van der Waals surface area contributed by atoms with Gasteiger partial charge in [-0.2, -0.15) is 0 Å². The normalized spacial score (nSPS) is 10.9. The molecule has 0 atom stereocenters. The number of hydrogen-bond donors (Lipinski definition) is 1. The molecular formula is C23H25NO4. The number of amides is 1. The van der Waals surface area contributed by atoms with Crippen LogP contribution >= 0.6 is 0 Å². The molecule has 0 bridgehead atoms. The Morgan fingerprint density at radius 1 is 1.00 bits per heavy atom.